The highest BCUT2D eigenvalue weighted by Crippen LogP contribution is 2.20. The Labute approximate surface area is 75.0 Å². The molecule has 0 atom stereocenters. The molecule has 1 rings (SSSR count). The van der Waals surface area contributed by atoms with Gasteiger partial charge < -0.3 is 0 Å². The predicted molar refractivity (Wildman–Crippen MR) is 47.8 cm³/mol. The quantitative estimate of drug-likeness (QED) is 0.659. The molecule has 0 amide bonds. The first-order valence-corrected chi connectivity index (χ1v) is 4.44. The molecule has 11 heavy (non-hydrogen) atoms. The Bertz CT molecular complexity index is 280. The van der Waals surface area contributed by atoms with Crippen molar-refractivity contribution in [2.24, 2.45) is 0 Å². The fourth-order valence-electron chi connectivity index (χ4n) is 0.672. The Morgan fingerprint density at radius 3 is 3.00 bits per heavy atom. The minimum atomic E-state index is 0.473. The molecule has 1 nitrogen and oxygen atoms in total. The molecule has 0 fully saturated rings. The van der Waals surface area contributed by atoms with E-state index in [0.717, 1.165) is 4.90 Å². The van der Waals surface area contributed by atoms with Crippen LogP contribution in [0, 0.1) is 11.3 Å². The summed E-state index contributed by atoms with van der Waals surface area (Å²) >= 11 is 7.22. The number of hydrogen-bond donors (Lipinski definition) is 0. The van der Waals surface area contributed by atoms with Crippen molar-refractivity contribution in [2.45, 2.75) is 4.90 Å². The van der Waals surface area contributed by atoms with E-state index in [-0.39, 0.29) is 0 Å². The maximum Gasteiger partial charge on any atom is 0.0855 e. The average molecular weight is 184 g/mol. The molecular formula is C8H6ClNS. The SMILES string of the molecule is N#CCSc1cccc(Cl)c1. The average Bonchev–Trinajstić information content (AvgIpc) is 2.01. The Morgan fingerprint density at radius 1 is 1.55 bits per heavy atom. The molecule has 0 unspecified atom stereocenters. The van der Waals surface area contributed by atoms with Crippen LogP contribution in [0.5, 0.6) is 0 Å². The van der Waals surface area contributed by atoms with Gasteiger partial charge in [-0.25, -0.2) is 0 Å². The van der Waals surface area contributed by atoms with Gasteiger partial charge in [0.05, 0.1) is 11.8 Å². The minimum Gasteiger partial charge on any atom is -0.197 e. The van der Waals surface area contributed by atoms with Gasteiger partial charge in [-0.2, -0.15) is 5.26 Å². The molecule has 0 aromatic heterocycles. The van der Waals surface area contributed by atoms with Gasteiger partial charge in [-0.15, -0.1) is 11.8 Å². The molecule has 0 aliphatic heterocycles. The van der Waals surface area contributed by atoms with Gasteiger partial charge in [-0.1, -0.05) is 17.7 Å². The molecule has 0 saturated heterocycles. The zero-order valence-corrected chi connectivity index (χ0v) is 7.32. The lowest BCUT2D eigenvalue weighted by Crippen LogP contribution is -1.72. The predicted octanol–water partition coefficient (Wildman–Crippen LogP) is 2.96. The van der Waals surface area contributed by atoms with Crippen LogP contribution in [-0.4, -0.2) is 5.75 Å². The fourth-order valence-corrected chi connectivity index (χ4v) is 1.54. The van der Waals surface area contributed by atoms with Crippen LogP contribution < -0.4 is 0 Å². The molecular weight excluding hydrogens is 178 g/mol. The van der Waals surface area contributed by atoms with E-state index in [4.69, 9.17) is 16.9 Å². The van der Waals surface area contributed by atoms with E-state index in [1.807, 2.05) is 24.3 Å². The second kappa shape index (κ2) is 4.27. The van der Waals surface area contributed by atoms with Gasteiger partial charge in [0, 0.05) is 9.92 Å². The number of hydrogen-bond acceptors (Lipinski definition) is 2. The highest BCUT2D eigenvalue weighted by molar-refractivity contribution is 7.99. The van der Waals surface area contributed by atoms with Crippen LogP contribution in [0.2, 0.25) is 5.02 Å². The van der Waals surface area contributed by atoms with E-state index in [1.165, 1.54) is 11.8 Å². The summed E-state index contributed by atoms with van der Waals surface area (Å²) < 4.78 is 0. The van der Waals surface area contributed by atoms with Crippen LogP contribution >= 0.6 is 23.4 Å². The van der Waals surface area contributed by atoms with Gasteiger partial charge >= 0.3 is 0 Å². The van der Waals surface area contributed by atoms with E-state index in [0.29, 0.717) is 10.8 Å². The number of rotatable bonds is 2. The van der Waals surface area contributed by atoms with Gasteiger partial charge in [0.15, 0.2) is 0 Å². The van der Waals surface area contributed by atoms with Crippen LogP contribution in [0.4, 0.5) is 0 Å². The normalized spacial score (nSPS) is 9.09. The van der Waals surface area contributed by atoms with Crippen molar-refractivity contribution in [2.75, 3.05) is 5.75 Å². The van der Waals surface area contributed by atoms with Gasteiger partial charge in [0.25, 0.3) is 0 Å². The molecule has 3 heteroatoms. The summed E-state index contributed by atoms with van der Waals surface area (Å²) in [5.41, 5.74) is 0. The van der Waals surface area contributed by atoms with Crippen LogP contribution in [0.25, 0.3) is 0 Å². The standard InChI is InChI=1S/C8H6ClNS/c9-7-2-1-3-8(6-7)11-5-4-10/h1-3,6H,5H2. The van der Waals surface area contributed by atoms with Crippen LogP contribution in [0.3, 0.4) is 0 Å². The molecule has 0 bridgehead atoms. The van der Waals surface area contributed by atoms with E-state index >= 15 is 0 Å². The first-order chi connectivity index (χ1) is 5.33. The Kier molecular flexibility index (Phi) is 3.28. The third-order valence-electron chi connectivity index (χ3n) is 1.10. The Hall–Kier alpha value is -0.650. The van der Waals surface area contributed by atoms with Crippen molar-refractivity contribution in [3.63, 3.8) is 0 Å². The summed E-state index contributed by atoms with van der Waals surface area (Å²) in [6, 6.07) is 9.54. The molecule has 0 saturated carbocycles. The molecule has 0 aliphatic rings. The molecule has 0 N–H and O–H groups in total. The second-order valence-electron chi connectivity index (χ2n) is 1.90. The smallest absolute Gasteiger partial charge is 0.0855 e. The van der Waals surface area contributed by atoms with Crippen LogP contribution in [0.1, 0.15) is 0 Å². The highest BCUT2D eigenvalue weighted by atomic mass is 35.5. The second-order valence-corrected chi connectivity index (χ2v) is 3.39. The van der Waals surface area contributed by atoms with E-state index in [1.54, 1.807) is 0 Å². The summed E-state index contributed by atoms with van der Waals surface area (Å²) in [5.74, 6) is 0.473. The van der Waals surface area contributed by atoms with Crippen molar-refractivity contribution < 1.29 is 0 Å². The number of halogens is 1. The zero-order chi connectivity index (χ0) is 8.10. The summed E-state index contributed by atoms with van der Waals surface area (Å²) in [5, 5.41) is 9.01. The minimum absolute atomic E-state index is 0.473. The van der Waals surface area contributed by atoms with Gasteiger partial charge in [0.1, 0.15) is 0 Å². The Morgan fingerprint density at radius 2 is 2.36 bits per heavy atom. The lowest BCUT2D eigenvalue weighted by Gasteiger charge is -1.95. The molecule has 0 spiro atoms. The number of benzene rings is 1. The van der Waals surface area contributed by atoms with Crippen molar-refractivity contribution in [1.29, 1.82) is 5.26 Å². The van der Waals surface area contributed by atoms with Crippen molar-refractivity contribution in [3.05, 3.63) is 29.3 Å². The van der Waals surface area contributed by atoms with E-state index < -0.39 is 0 Å². The maximum absolute atomic E-state index is 8.29. The summed E-state index contributed by atoms with van der Waals surface area (Å²) in [4.78, 5) is 1.04. The third kappa shape index (κ3) is 2.83. The lowest BCUT2D eigenvalue weighted by molar-refractivity contribution is 1.45. The Balaban J connectivity index is 2.65. The van der Waals surface area contributed by atoms with Crippen molar-refractivity contribution in [3.8, 4) is 6.07 Å². The lowest BCUT2D eigenvalue weighted by atomic mass is 10.4. The molecule has 0 heterocycles. The summed E-state index contributed by atoms with van der Waals surface area (Å²) in [6.45, 7) is 0. The summed E-state index contributed by atoms with van der Waals surface area (Å²) in [6.07, 6.45) is 0. The first kappa shape index (κ1) is 8.45. The molecule has 0 radical (unpaired) electrons. The maximum atomic E-state index is 8.29. The molecule has 56 valence electrons. The van der Waals surface area contributed by atoms with E-state index in [2.05, 4.69) is 6.07 Å². The fraction of sp³-hybridized carbons (Fsp3) is 0.125. The van der Waals surface area contributed by atoms with Crippen LogP contribution in [0.15, 0.2) is 29.2 Å². The third-order valence-corrected chi connectivity index (χ3v) is 2.20. The summed E-state index contributed by atoms with van der Waals surface area (Å²) in [7, 11) is 0. The van der Waals surface area contributed by atoms with E-state index in [9.17, 15) is 0 Å². The number of nitrogens with zero attached hydrogens (tertiary/aromatic N) is 1. The molecule has 1 aromatic carbocycles. The first-order valence-electron chi connectivity index (χ1n) is 3.08. The van der Waals surface area contributed by atoms with Gasteiger partial charge in [-0.3, -0.25) is 0 Å². The topological polar surface area (TPSA) is 23.8 Å². The van der Waals surface area contributed by atoms with Crippen molar-refractivity contribution >= 4 is 23.4 Å². The molecule has 1 aromatic rings. The number of nitriles is 1. The van der Waals surface area contributed by atoms with Crippen LogP contribution in [-0.2, 0) is 0 Å². The van der Waals surface area contributed by atoms with Gasteiger partial charge in [0.2, 0.25) is 0 Å². The highest BCUT2D eigenvalue weighted by Gasteiger charge is 1.92. The zero-order valence-electron chi connectivity index (χ0n) is 5.75. The van der Waals surface area contributed by atoms with Crippen molar-refractivity contribution in [1.82, 2.24) is 0 Å². The monoisotopic (exact) mass is 183 g/mol. The largest absolute Gasteiger partial charge is 0.197 e. The van der Waals surface area contributed by atoms with Gasteiger partial charge in [-0.05, 0) is 18.2 Å². The molecule has 0 aliphatic carbocycles. The number of thioether (sulfide) groups is 1.